The summed E-state index contributed by atoms with van der Waals surface area (Å²) in [7, 11) is 0. The third-order valence-electron chi connectivity index (χ3n) is 3.71. The number of thiophene rings is 1. The lowest BCUT2D eigenvalue weighted by Crippen LogP contribution is -2.27. The van der Waals surface area contributed by atoms with Gasteiger partial charge in [0.2, 0.25) is 5.76 Å². The second-order valence-electron chi connectivity index (χ2n) is 5.40. The van der Waals surface area contributed by atoms with Crippen molar-refractivity contribution in [3.05, 3.63) is 74.8 Å². The molecule has 1 aromatic carbocycles. The van der Waals surface area contributed by atoms with Crippen LogP contribution in [-0.4, -0.2) is 11.1 Å². The zero-order valence-corrected chi connectivity index (χ0v) is 14.7. The average Bonchev–Trinajstić information content (AvgIpc) is 3.26. The van der Waals surface area contributed by atoms with Crippen LogP contribution < -0.4 is 5.32 Å². The SMILES string of the molecule is CC[C@H](NC(=O)c1cc(Cc2ccccc2Cl)no1)c1cccs1. The first-order valence-corrected chi connectivity index (χ1v) is 8.96. The van der Waals surface area contributed by atoms with Crippen LogP contribution in [0.4, 0.5) is 0 Å². The standard InChI is InChI=1S/C18H17ClN2O2S/c1-2-15(17-8-5-9-24-17)20-18(22)16-11-13(21-23-16)10-12-6-3-4-7-14(12)19/h3-9,11,15H,2,10H2,1H3,(H,20,22)/t15-/m0/s1. The molecule has 0 radical (unpaired) electrons. The van der Waals surface area contributed by atoms with E-state index in [0.717, 1.165) is 16.9 Å². The third-order valence-corrected chi connectivity index (χ3v) is 5.07. The minimum Gasteiger partial charge on any atom is -0.351 e. The molecule has 4 nitrogen and oxygen atoms in total. The van der Waals surface area contributed by atoms with Crippen LogP contribution in [0, 0.1) is 0 Å². The monoisotopic (exact) mass is 360 g/mol. The molecule has 1 atom stereocenters. The van der Waals surface area contributed by atoms with Gasteiger partial charge in [-0.3, -0.25) is 4.79 Å². The Morgan fingerprint density at radius 1 is 1.33 bits per heavy atom. The number of carbonyl (C=O) groups excluding carboxylic acids is 1. The van der Waals surface area contributed by atoms with Crippen molar-refractivity contribution in [3.63, 3.8) is 0 Å². The number of amides is 1. The molecule has 0 aliphatic heterocycles. The van der Waals surface area contributed by atoms with Gasteiger partial charge in [-0.25, -0.2) is 0 Å². The van der Waals surface area contributed by atoms with Gasteiger partial charge in [0.1, 0.15) is 0 Å². The molecular formula is C18H17ClN2O2S. The molecule has 2 aromatic heterocycles. The van der Waals surface area contributed by atoms with Crippen molar-refractivity contribution in [2.45, 2.75) is 25.8 Å². The average molecular weight is 361 g/mol. The second kappa shape index (κ2) is 7.64. The topological polar surface area (TPSA) is 55.1 Å². The second-order valence-corrected chi connectivity index (χ2v) is 6.79. The number of benzene rings is 1. The molecule has 0 saturated carbocycles. The van der Waals surface area contributed by atoms with Crippen LogP contribution in [0.5, 0.6) is 0 Å². The van der Waals surface area contributed by atoms with Crippen LogP contribution in [-0.2, 0) is 6.42 Å². The molecule has 3 rings (SSSR count). The highest BCUT2D eigenvalue weighted by Gasteiger charge is 2.19. The Labute approximate surface area is 149 Å². The van der Waals surface area contributed by atoms with Crippen LogP contribution in [0.3, 0.4) is 0 Å². The minimum atomic E-state index is -0.256. The van der Waals surface area contributed by atoms with Crippen molar-refractivity contribution >= 4 is 28.8 Å². The fourth-order valence-corrected chi connectivity index (χ4v) is 3.50. The van der Waals surface area contributed by atoms with Crippen LogP contribution in [0.15, 0.2) is 52.4 Å². The Kier molecular flexibility index (Phi) is 5.33. The summed E-state index contributed by atoms with van der Waals surface area (Å²) in [6.07, 6.45) is 1.34. The van der Waals surface area contributed by atoms with Gasteiger partial charge in [-0.2, -0.15) is 0 Å². The quantitative estimate of drug-likeness (QED) is 0.682. The van der Waals surface area contributed by atoms with E-state index < -0.39 is 0 Å². The van der Waals surface area contributed by atoms with Crippen molar-refractivity contribution in [3.8, 4) is 0 Å². The van der Waals surface area contributed by atoms with E-state index in [1.54, 1.807) is 17.4 Å². The van der Waals surface area contributed by atoms with Crippen LogP contribution in [0.2, 0.25) is 5.02 Å². The predicted octanol–water partition coefficient (Wildman–Crippen LogP) is 4.86. The van der Waals surface area contributed by atoms with Gasteiger partial charge in [0.05, 0.1) is 11.7 Å². The number of rotatable bonds is 6. The van der Waals surface area contributed by atoms with Crippen molar-refractivity contribution < 1.29 is 9.32 Å². The first-order valence-electron chi connectivity index (χ1n) is 7.70. The molecule has 0 saturated heterocycles. The summed E-state index contributed by atoms with van der Waals surface area (Å²) in [5.74, 6) is -0.0415. The molecule has 0 fully saturated rings. The lowest BCUT2D eigenvalue weighted by molar-refractivity contribution is 0.0899. The molecule has 3 aromatic rings. The Morgan fingerprint density at radius 3 is 2.88 bits per heavy atom. The van der Waals surface area contributed by atoms with E-state index in [0.29, 0.717) is 17.1 Å². The molecule has 24 heavy (non-hydrogen) atoms. The highest BCUT2D eigenvalue weighted by atomic mass is 35.5. The molecule has 124 valence electrons. The number of hydrogen-bond donors (Lipinski definition) is 1. The van der Waals surface area contributed by atoms with Gasteiger partial charge >= 0.3 is 0 Å². The molecule has 6 heteroatoms. The first kappa shape index (κ1) is 16.7. The van der Waals surface area contributed by atoms with Gasteiger partial charge in [0.25, 0.3) is 5.91 Å². The van der Waals surface area contributed by atoms with Crippen molar-refractivity contribution in [2.24, 2.45) is 0 Å². The maximum absolute atomic E-state index is 12.4. The van der Waals surface area contributed by atoms with Gasteiger partial charge < -0.3 is 9.84 Å². The molecular weight excluding hydrogens is 344 g/mol. The Morgan fingerprint density at radius 2 is 2.17 bits per heavy atom. The van der Waals surface area contributed by atoms with Gasteiger partial charge in [-0.15, -0.1) is 11.3 Å². The fraction of sp³-hybridized carbons (Fsp3) is 0.222. The summed E-state index contributed by atoms with van der Waals surface area (Å²) in [5, 5.41) is 9.64. The number of hydrogen-bond acceptors (Lipinski definition) is 4. The summed E-state index contributed by atoms with van der Waals surface area (Å²) in [4.78, 5) is 13.5. The lowest BCUT2D eigenvalue weighted by atomic mass is 10.1. The summed E-state index contributed by atoms with van der Waals surface area (Å²) >= 11 is 7.78. The Balaban J connectivity index is 1.68. The predicted molar refractivity (Wildman–Crippen MR) is 95.6 cm³/mol. The molecule has 0 unspecified atom stereocenters. The van der Waals surface area contributed by atoms with Gasteiger partial charge in [0, 0.05) is 22.4 Å². The van der Waals surface area contributed by atoms with Gasteiger partial charge in [0.15, 0.2) is 0 Å². The number of nitrogens with zero attached hydrogens (tertiary/aromatic N) is 1. The first-order chi connectivity index (χ1) is 11.7. The molecule has 0 bridgehead atoms. The number of halogens is 1. The van der Waals surface area contributed by atoms with Gasteiger partial charge in [-0.05, 0) is 29.5 Å². The maximum atomic E-state index is 12.4. The molecule has 0 aliphatic rings. The molecule has 2 heterocycles. The minimum absolute atomic E-state index is 0.0189. The van der Waals surface area contributed by atoms with Gasteiger partial charge in [-0.1, -0.05) is 47.9 Å². The van der Waals surface area contributed by atoms with E-state index in [9.17, 15) is 4.79 Å². The molecule has 0 spiro atoms. The van der Waals surface area contributed by atoms with E-state index in [1.165, 1.54) is 0 Å². The van der Waals surface area contributed by atoms with Crippen LogP contribution in [0.1, 0.15) is 46.1 Å². The Hall–Kier alpha value is -2.11. The third kappa shape index (κ3) is 3.86. The van der Waals surface area contributed by atoms with E-state index in [2.05, 4.69) is 10.5 Å². The van der Waals surface area contributed by atoms with E-state index >= 15 is 0 Å². The summed E-state index contributed by atoms with van der Waals surface area (Å²) in [6, 6.07) is 13.2. The number of aromatic nitrogens is 1. The van der Waals surface area contributed by atoms with E-state index in [4.69, 9.17) is 16.1 Å². The normalized spacial score (nSPS) is 12.1. The highest BCUT2D eigenvalue weighted by molar-refractivity contribution is 7.10. The smallest absolute Gasteiger partial charge is 0.290 e. The molecule has 1 amide bonds. The van der Waals surface area contributed by atoms with E-state index in [-0.39, 0.29) is 17.7 Å². The summed E-state index contributed by atoms with van der Waals surface area (Å²) < 4.78 is 5.20. The Bertz CT molecular complexity index is 814. The number of nitrogens with one attached hydrogen (secondary N) is 1. The zero-order valence-electron chi connectivity index (χ0n) is 13.2. The van der Waals surface area contributed by atoms with Crippen LogP contribution >= 0.6 is 22.9 Å². The maximum Gasteiger partial charge on any atom is 0.290 e. The van der Waals surface area contributed by atoms with Crippen molar-refractivity contribution in [1.82, 2.24) is 10.5 Å². The highest BCUT2D eigenvalue weighted by Crippen LogP contribution is 2.23. The van der Waals surface area contributed by atoms with E-state index in [1.807, 2.05) is 48.7 Å². The largest absolute Gasteiger partial charge is 0.351 e. The molecule has 0 aliphatic carbocycles. The summed E-state index contributed by atoms with van der Waals surface area (Å²) in [5.41, 5.74) is 1.63. The lowest BCUT2D eigenvalue weighted by Gasteiger charge is -2.13. The zero-order chi connectivity index (χ0) is 16.9. The van der Waals surface area contributed by atoms with Crippen LogP contribution in [0.25, 0.3) is 0 Å². The van der Waals surface area contributed by atoms with Crippen molar-refractivity contribution in [2.75, 3.05) is 0 Å². The molecule has 1 N–H and O–H groups in total. The fourth-order valence-electron chi connectivity index (χ4n) is 2.43. The summed E-state index contributed by atoms with van der Waals surface area (Å²) in [6.45, 7) is 2.04. The van der Waals surface area contributed by atoms with Crippen molar-refractivity contribution in [1.29, 1.82) is 0 Å². The number of carbonyl (C=O) groups is 1.